The Kier molecular flexibility index (Phi) is 5.33. The van der Waals surface area contributed by atoms with E-state index in [9.17, 15) is 27.2 Å². The first-order chi connectivity index (χ1) is 15.1. The number of alkyl halides is 3. The predicted octanol–water partition coefficient (Wildman–Crippen LogP) is 3.85. The predicted molar refractivity (Wildman–Crippen MR) is 107 cm³/mol. The van der Waals surface area contributed by atoms with Gasteiger partial charge in [0.15, 0.2) is 0 Å². The summed E-state index contributed by atoms with van der Waals surface area (Å²) in [7, 11) is 0. The maximum Gasteiger partial charge on any atom is 0.418 e. The SMILES string of the molecule is NC(=O)c1c(-c2cccc(F)c2)nn2c1CN(C(=O)Nc1ccccc1C(F)(F)F)CC2. The van der Waals surface area contributed by atoms with Gasteiger partial charge in [-0.2, -0.15) is 18.3 Å². The average Bonchev–Trinajstić information content (AvgIpc) is 3.12. The Morgan fingerprint density at radius 3 is 2.50 bits per heavy atom. The lowest BCUT2D eigenvalue weighted by molar-refractivity contribution is -0.136. The van der Waals surface area contributed by atoms with Crippen LogP contribution in [0.15, 0.2) is 48.5 Å². The lowest BCUT2D eigenvalue weighted by Crippen LogP contribution is -2.41. The molecule has 166 valence electrons. The zero-order valence-electron chi connectivity index (χ0n) is 16.5. The molecular formula is C21H17F4N5O2. The molecule has 7 nitrogen and oxygen atoms in total. The number of hydrogen-bond acceptors (Lipinski definition) is 3. The second-order valence-electron chi connectivity index (χ2n) is 7.16. The minimum atomic E-state index is -4.64. The van der Waals surface area contributed by atoms with E-state index in [1.807, 2.05) is 0 Å². The molecule has 0 atom stereocenters. The Morgan fingerprint density at radius 1 is 1.06 bits per heavy atom. The van der Waals surface area contributed by atoms with Crippen molar-refractivity contribution in [3.63, 3.8) is 0 Å². The maximum absolute atomic E-state index is 13.7. The van der Waals surface area contributed by atoms with Gasteiger partial charge >= 0.3 is 12.2 Å². The molecule has 1 aliphatic heterocycles. The van der Waals surface area contributed by atoms with Crippen molar-refractivity contribution < 1.29 is 27.2 Å². The number of nitrogens with zero attached hydrogens (tertiary/aromatic N) is 3. The molecule has 3 N–H and O–H groups in total. The third kappa shape index (κ3) is 4.01. The monoisotopic (exact) mass is 447 g/mol. The molecule has 0 radical (unpaired) electrons. The lowest BCUT2D eigenvalue weighted by atomic mass is 10.0. The fourth-order valence-corrected chi connectivity index (χ4v) is 3.62. The number of nitrogens with one attached hydrogen (secondary N) is 1. The molecule has 3 aromatic rings. The van der Waals surface area contributed by atoms with Gasteiger partial charge in [0, 0.05) is 12.1 Å². The second kappa shape index (κ2) is 7.98. The van der Waals surface area contributed by atoms with Crippen LogP contribution >= 0.6 is 0 Å². The quantitative estimate of drug-likeness (QED) is 0.598. The van der Waals surface area contributed by atoms with Gasteiger partial charge in [0.2, 0.25) is 0 Å². The van der Waals surface area contributed by atoms with Gasteiger partial charge in [-0.05, 0) is 24.3 Å². The molecule has 1 aliphatic rings. The van der Waals surface area contributed by atoms with Crippen molar-refractivity contribution in [1.82, 2.24) is 14.7 Å². The average molecular weight is 447 g/mol. The van der Waals surface area contributed by atoms with Crippen molar-refractivity contribution in [1.29, 1.82) is 0 Å². The molecule has 0 unspecified atom stereocenters. The zero-order valence-corrected chi connectivity index (χ0v) is 16.5. The number of fused-ring (bicyclic) bond motifs is 1. The van der Waals surface area contributed by atoms with E-state index >= 15 is 0 Å². The molecule has 0 aliphatic carbocycles. The van der Waals surface area contributed by atoms with Crippen LogP contribution < -0.4 is 11.1 Å². The molecule has 0 saturated heterocycles. The van der Waals surface area contributed by atoms with Gasteiger partial charge < -0.3 is 16.0 Å². The number of carbonyl (C=O) groups is 2. The molecule has 11 heteroatoms. The Hall–Kier alpha value is -3.89. The Balaban J connectivity index is 1.63. The van der Waals surface area contributed by atoms with Crippen LogP contribution in [-0.2, 0) is 19.3 Å². The number of carbonyl (C=O) groups excluding carboxylic acids is 2. The summed E-state index contributed by atoms with van der Waals surface area (Å²) in [5.41, 5.74) is 5.07. The second-order valence-corrected chi connectivity index (χ2v) is 7.16. The topological polar surface area (TPSA) is 93.2 Å². The summed E-state index contributed by atoms with van der Waals surface area (Å²) in [5, 5.41) is 6.63. The first-order valence-corrected chi connectivity index (χ1v) is 9.52. The molecule has 4 rings (SSSR count). The number of para-hydroxylation sites is 1. The number of rotatable bonds is 3. The number of halogens is 4. The number of amides is 3. The molecule has 0 bridgehead atoms. The van der Waals surface area contributed by atoms with Crippen molar-refractivity contribution in [2.75, 3.05) is 11.9 Å². The number of hydrogen-bond donors (Lipinski definition) is 2. The van der Waals surface area contributed by atoms with Crippen LogP contribution in [0.2, 0.25) is 0 Å². The van der Waals surface area contributed by atoms with Crippen LogP contribution in [-0.4, -0.2) is 33.2 Å². The molecule has 1 aromatic heterocycles. The number of benzene rings is 2. The highest BCUT2D eigenvalue weighted by atomic mass is 19.4. The van der Waals surface area contributed by atoms with Crippen LogP contribution in [0.4, 0.5) is 28.0 Å². The third-order valence-electron chi connectivity index (χ3n) is 5.09. The molecule has 2 heterocycles. The Bertz CT molecular complexity index is 1210. The standard InChI is InChI=1S/C21H17F4N5O2/c22-13-5-3-4-12(10-13)18-17(19(26)31)16-11-29(8-9-30(16)28-18)20(32)27-15-7-2-1-6-14(15)21(23,24)25/h1-7,10H,8-9,11H2,(H2,26,31)(H,27,32). The van der Waals surface area contributed by atoms with Crippen LogP contribution in [0.1, 0.15) is 21.6 Å². The van der Waals surface area contributed by atoms with Crippen LogP contribution in [0.3, 0.4) is 0 Å². The van der Waals surface area contributed by atoms with Crippen LogP contribution in [0, 0.1) is 5.82 Å². The van der Waals surface area contributed by atoms with Gasteiger partial charge in [0.25, 0.3) is 5.91 Å². The number of anilines is 1. The third-order valence-corrected chi connectivity index (χ3v) is 5.09. The highest BCUT2D eigenvalue weighted by Crippen LogP contribution is 2.35. The summed E-state index contributed by atoms with van der Waals surface area (Å²) in [6.07, 6.45) is -4.64. The van der Waals surface area contributed by atoms with Crippen LogP contribution in [0.5, 0.6) is 0 Å². The number of primary amides is 1. The number of aromatic nitrogens is 2. The van der Waals surface area contributed by atoms with Gasteiger partial charge in [-0.1, -0.05) is 24.3 Å². The molecular weight excluding hydrogens is 430 g/mol. The maximum atomic E-state index is 13.7. The van der Waals surface area contributed by atoms with E-state index in [0.717, 1.165) is 12.1 Å². The molecule has 2 aromatic carbocycles. The van der Waals surface area contributed by atoms with Crippen molar-refractivity contribution >= 4 is 17.6 Å². The smallest absolute Gasteiger partial charge is 0.365 e. The van der Waals surface area contributed by atoms with Gasteiger partial charge in [-0.15, -0.1) is 0 Å². The largest absolute Gasteiger partial charge is 0.418 e. The fourth-order valence-electron chi connectivity index (χ4n) is 3.62. The van der Waals surface area contributed by atoms with Crippen molar-refractivity contribution in [3.05, 3.63) is 71.2 Å². The number of urea groups is 1. The Labute approximate surface area is 179 Å². The van der Waals surface area contributed by atoms with Crippen LogP contribution in [0.25, 0.3) is 11.3 Å². The molecule has 32 heavy (non-hydrogen) atoms. The van der Waals surface area contributed by atoms with E-state index in [-0.39, 0.29) is 36.6 Å². The minimum Gasteiger partial charge on any atom is -0.365 e. The van der Waals surface area contributed by atoms with E-state index in [4.69, 9.17) is 5.73 Å². The fraction of sp³-hybridized carbons (Fsp3) is 0.190. The van der Waals surface area contributed by atoms with E-state index in [1.165, 1.54) is 39.9 Å². The van der Waals surface area contributed by atoms with Crippen molar-refractivity contribution in [2.45, 2.75) is 19.3 Å². The number of nitrogens with two attached hydrogens (primary N) is 1. The summed E-state index contributed by atoms with van der Waals surface area (Å²) in [6.45, 7) is 0.204. The molecule has 0 spiro atoms. The van der Waals surface area contributed by atoms with E-state index in [2.05, 4.69) is 10.4 Å². The highest BCUT2D eigenvalue weighted by Gasteiger charge is 2.35. The summed E-state index contributed by atoms with van der Waals surface area (Å²) < 4.78 is 54.8. The van der Waals surface area contributed by atoms with Gasteiger partial charge in [-0.3, -0.25) is 9.48 Å². The molecule has 3 amide bonds. The van der Waals surface area contributed by atoms with E-state index in [1.54, 1.807) is 6.07 Å². The van der Waals surface area contributed by atoms with Gasteiger partial charge in [0.05, 0.1) is 35.6 Å². The minimum absolute atomic E-state index is 0.0313. The van der Waals surface area contributed by atoms with Crippen molar-refractivity contribution in [2.24, 2.45) is 5.73 Å². The summed E-state index contributed by atoms with van der Waals surface area (Å²) in [5.74, 6) is -1.33. The molecule has 0 saturated carbocycles. The van der Waals surface area contributed by atoms with Gasteiger partial charge in [0.1, 0.15) is 11.5 Å². The first-order valence-electron chi connectivity index (χ1n) is 9.52. The summed E-state index contributed by atoms with van der Waals surface area (Å²) >= 11 is 0. The summed E-state index contributed by atoms with van der Waals surface area (Å²) in [6, 6.07) is 9.36. The lowest BCUT2D eigenvalue weighted by Gasteiger charge is -2.28. The first kappa shape index (κ1) is 21.3. The summed E-state index contributed by atoms with van der Waals surface area (Å²) in [4.78, 5) is 26.1. The molecule has 0 fully saturated rings. The highest BCUT2D eigenvalue weighted by molar-refractivity contribution is 6.00. The van der Waals surface area contributed by atoms with Crippen molar-refractivity contribution in [3.8, 4) is 11.3 Å². The van der Waals surface area contributed by atoms with E-state index in [0.29, 0.717) is 11.3 Å². The van der Waals surface area contributed by atoms with E-state index < -0.39 is 29.5 Å². The van der Waals surface area contributed by atoms with Gasteiger partial charge in [-0.25, -0.2) is 9.18 Å². The normalized spacial score (nSPS) is 13.6. The Morgan fingerprint density at radius 2 is 1.81 bits per heavy atom. The zero-order chi connectivity index (χ0) is 23.0.